The Balaban J connectivity index is 1.61. The van der Waals surface area contributed by atoms with Crippen molar-refractivity contribution in [3.8, 4) is 23.3 Å². The molecule has 4 aromatic rings. The van der Waals surface area contributed by atoms with Gasteiger partial charge in [-0.25, -0.2) is 5.10 Å². The average molecular weight is 479 g/mol. The van der Waals surface area contributed by atoms with Crippen LogP contribution in [-0.4, -0.2) is 31.9 Å². The molecule has 10 heteroatoms. The summed E-state index contributed by atoms with van der Waals surface area (Å²) in [6.45, 7) is 3.58. The summed E-state index contributed by atoms with van der Waals surface area (Å²) in [5, 5.41) is 16.0. The van der Waals surface area contributed by atoms with E-state index >= 15 is 0 Å². The van der Waals surface area contributed by atoms with Gasteiger partial charge in [-0.3, -0.25) is 14.3 Å². The fourth-order valence-corrected chi connectivity index (χ4v) is 4.93. The minimum atomic E-state index is -0.417. The summed E-state index contributed by atoms with van der Waals surface area (Å²) in [5.74, 6) is 5.62. The molecule has 0 saturated heterocycles. The monoisotopic (exact) mass is 478 g/mol. The maximum Gasteiger partial charge on any atom is 0.296 e. The fraction of sp³-hybridized carbons (Fsp3) is 0.333. The highest BCUT2D eigenvalue weighted by Crippen LogP contribution is 2.41. The number of benzene rings is 1. The number of nitrogens with one attached hydrogen (secondary N) is 2. The summed E-state index contributed by atoms with van der Waals surface area (Å²) >= 11 is 6.22. The molecule has 0 atom stereocenters. The minimum Gasteiger partial charge on any atom is -0.454 e. The van der Waals surface area contributed by atoms with E-state index in [9.17, 15) is 9.59 Å². The van der Waals surface area contributed by atoms with Crippen LogP contribution >= 0.6 is 11.6 Å². The standard InChI is InChI=1S/C24H23ClN6O3/c1-3-4-18(32)27-14-6-8-15(9-7-14)31-21(19-20(30-31)24(33)29-28-23(19)26)22-12(2)16-11-13(25)5-10-17(16)34-22/h5,10-11,14-15H,6-9H2,1-2H3,(H2,26,28)(H,27,32)(H,29,33). The number of halogens is 1. The Hall–Kier alpha value is -3.77. The van der Waals surface area contributed by atoms with Crippen LogP contribution in [0.4, 0.5) is 5.82 Å². The molecule has 1 aliphatic rings. The van der Waals surface area contributed by atoms with Crippen molar-refractivity contribution in [3.63, 3.8) is 0 Å². The molecule has 0 spiro atoms. The van der Waals surface area contributed by atoms with Crippen LogP contribution in [0.3, 0.4) is 0 Å². The number of furan rings is 1. The van der Waals surface area contributed by atoms with Crippen LogP contribution in [0, 0.1) is 18.8 Å². The van der Waals surface area contributed by atoms with E-state index in [1.165, 1.54) is 0 Å². The van der Waals surface area contributed by atoms with Gasteiger partial charge in [0.1, 0.15) is 11.3 Å². The Morgan fingerprint density at radius 2 is 2.09 bits per heavy atom. The van der Waals surface area contributed by atoms with Gasteiger partial charge in [0.15, 0.2) is 17.1 Å². The van der Waals surface area contributed by atoms with E-state index in [1.807, 2.05) is 23.7 Å². The van der Waals surface area contributed by atoms with E-state index in [0.717, 1.165) is 36.6 Å². The molecule has 1 fully saturated rings. The van der Waals surface area contributed by atoms with Crippen LogP contribution in [0.1, 0.15) is 44.2 Å². The Kier molecular flexibility index (Phi) is 5.54. The summed E-state index contributed by atoms with van der Waals surface area (Å²) in [5.41, 5.74) is 8.20. The molecule has 1 saturated carbocycles. The van der Waals surface area contributed by atoms with E-state index in [1.54, 1.807) is 13.0 Å². The van der Waals surface area contributed by atoms with Crippen molar-refractivity contribution >= 4 is 45.2 Å². The molecule has 0 bridgehead atoms. The lowest BCUT2D eigenvalue weighted by molar-refractivity contribution is -0.116. The van der Waals surface area contributed by atoms with Crippen LogP contribution in [-0.2, 0) is 4.79 Å². The van der Waals surface area contributed by atoms with Gasteiger partial charge < -0.3 is 15.5 Å². The Bertz CT molecular complexity index is 1550. The summed E-state index contributed by atoms with van der Waals surface area (Å²) in [6.07, 6.45) is 3.02. The van der Waals surface area contributed by atoms with Crippen molar-refractivity contribution < 1.29 is 9.21 Å². The van der Waals surface area contributed by atoms with Crippen molar-refractivity contribution in [3.05, 3.63) is 39.1 Å². The third-order valence-electron chi connectivity index (χ3n) is 6.39. The maximum absolute atomic E-state index is 12.6. The third-order valence-corrected chi connectivity index (χ3v) is 6.62. The van der Waals surface area contributed by atoms with Gasteiger partial charge >= 0.3 is 0 Å². The molecule has 1 aliphatic carbocycles. The number of hydrogen-bond acceptors (Lipinski definition) is 6. The number of rotatable bonds is 3. The number of amides is 1. The summed E-state index contributed by atoms with van der Waals surface area (Å²) < 4.78 is 8.09. The highest BCUT2D eigenvalue weighted by molar-refractivity contribution is 6.31. The summed E-state index contributed by atoms with van der Waals surface area (Å²) in [7, 11) is 0. The Morgan fingerprint density at radius 1 is 1.32 bits per heavy atom. The molecular formula is C24H23ClN6O3. The first-order valence-electron chi connectivity index (χ1n) is 11.1. The van der Waals surface area contributed by atoms with E-state index < -0.39 is 5.56 Å². The lowest BCUT2D eigenvalue weighted by Crippen LogP contribution is -2.37. The second-order valence-corrected chi connectivity index (χ2v) is 8.94. The van der Waals surface area contributed by atoms with Gasteiger partial charge in [-0.05, 0) is 63.7 Å². The number of carbonyl (C=O) groups excluding carboxylic acids is 1. The summed E-state index contributed by atoms with van der Waals surface area (Å²) in [4.78, 5) is 24.4. The molecule has 9 nitrogen and oxygen atoms in total. The van der Waals surface area contributed by atoms with E-state index in [4.69, 9.17) is 21.8 Å². The number of anilines is 1. The lowest BCUT2D eigenvalue weighted by atomic mass is 9.91. The molecule has 1 aromatic carbocycles. The summed E-state index contributed by atoms with van der Waals surface area (Å²) in [6, 6.07) is 5.47. The molecule has 4 N–H and O–H groups in total. The van der Waals surface area contributed by atoms with E-state index in [0.29, 0.717) is 27.4 Å². The zero-order chi connectivity index (χ0) is 24.0. The lowest BCUT2D eigenvalue weighted by Gasteiger charge is -2.29. The predicted octanol–water partition coefficient (Wildman–Crippen LogP) is 3.70. The van der Waals surface area contributed by atoms with Gasteiger partial charge in [0.2, 0.25) is 0 Å². The van der Waals surface area contributed by atoms with Gasteiger partial charge in [-0.2, -0.15) is 10.2 Å². The number of aromatic amines is 1. The van der Waals surface area contributed by atoms with Crippen molar-refractivity contribution in [2.75, 3.05) is 5.73 Å². The number of nitrogens with zero attached hydrogens (tertiary/aromatic N) is 3. The van der Waals surface area contributed by atoms with Crippen molar-refractivity contribution in [1.29, 1.82) is 0 Å². The number of nitrogens with two attached hydrogens (primary N) is 1. The molecule has 1 amide bonds. The number of H-pyrrole nitrogens is 1. The molecule has 5 rings (SSSR count). The normalized spacial score (nSPS) is 18.1. The second-order valence-electron chi connectivity index (χ2n) is 8.51. The first-order chi connectivity index (χ1) is 16.4. The van der Waals surface area contributed by atoms with Gasteiger partial charge in [0, 0.05) is 22.0 Å². The van der Waals surface area contributed by atoms with E-state index in [-0.39, 0.29) is 29.3 Å². The molecule has 3 heterocycles. The fourth-order valence-electron chi connectivity index (χ4n) is 4.76. The van der Waals surface area contributed by atoms with Gasteiger partial charge in [0.25, 0.3) is 11.5 Å². The smallest absolute Gasteiger partial charge is 0.296 e. The van der Waals surface area contributed by atoms with Gasteiger partial charge in [-0.1, -0.05) is 17.5 Å². The molecule has 0 unspecified atom stereocenters. The average Bonchev–Trinajstić information content (AvgIpc) is 3.36. The number of aromatic nitrogens is 4. The number of aryl methyl sites for hydroxylation is 1. The number of fused-ring (bicyclic) bond motifs is 2. The van der Waals surface area contributed by atoms with Crippen molar-refractivity contribution in [2.24, 2.45) is 0 Å². The van der Waals surface area contributed by atoms with Crippen LogP contribution in [0.5, 0.6) is 0 Å². The van der Waals surface area contributed by atoms with Crippen molar-refractivity contribution in [1.82, 2.24) is 25.3 Å². The van der Waals surface area contributed by atoms with Crippen LogP contribution in [0.25, 0.3) is 33.3 Å². The first-order valence-corrected chi connectivity index (χ1v) is 11.4. The Labute approximate surface area is 199 Å². The van der Waals surface area contributed by atoms with Crippen LogP contribution in [0.2, 0.25) is 5.02 Å². The number of hydrogen-bond donors (Lipinski definition) is 3. The maximum atomic E-state index is 12.6. The van der Waals surface area contributed by atoms with Crippen LogP contribution in [0.15, 0.2) is 27.4 Å². The highest BCUT2D eigenvalue weighted by atomic mass is 35.5. The topological polar surface area (TPSA) is 132 Å². The molecule has 0 aliphatic heterocycles. The van der Waals surface area contributed by atoms with Crippen LogP contribution < -0.4 is 16.6 Å². The number of nitrogen functional groups attached to an aromatic ring is 1. The zero-order valence-electron chi connectivity index (χ0n) is 18.7. The largest absolute Gasteiger partial charge is 0.454 e. The molecule has 34 heavy (non-hydrogen) atoms. The molecule has 174 valence electrons. The van der Waals surface area contributed by atoms with E-state index in [2.05, 4.69) is 32.5 Å². The van der Waals surface area contributed by atoms with Gasteiger partial charge in [0.05, 0.1) is 11.4 Å². The van der Waals surface area contributed by atoms with Crippen molar-refractivity contribution in [2.45, 2.75) is 51.6 Å². The molecule has 3 aromatic heterocycles. The first kappa shape index (κ1) is 22.0. The number of carbonyl (C=O) groups is 1. The minimum absolute atomic E-state index is 0.0113. The molecule has 0 radical (unpaired) electrons. The van der Waals surface area contributed by atoms with Gasteiger partial charge in [-0.15, -0.1) is 0 Å². The third kappa shape index (κ3) is 3.70. The SMILES string of the molecule is CC#CC(=O)NC1CCC(n2nc3c(=O)[nH]nc(N)c3c2-c2oc3ccc(Cl)cc3c2C)CC1. The zero-order valence-corrected chi connectivity index (χ0v) is 19.5. The quantitative estimate of drug-likeness (QED) is 0.385. The highest BCUT2D eigenvalue weighted by Gasteiger charge is 2.30. The Morgan fingerprint density at radius 3 is 2.82 bits per heavy atom. The second kappa shape index (κ2) is 8.54. The predicted molar refractivity (Wildman–Crippen MR) is 130 cm³/mol. The molecular weight excluding hydrogens is 456 g/mol.